The van der Waals surface area contributed by atoms with E-state index in [9.17, 15) is 10.1 Å². The summed E-state index contributed by atoms with van der Waals surface area (Å²) in [5.74, 6) is 0.661. The molecule has 3 rings (SSSR count). The van der Waals surface area contributed by atoms with Crippen molar-refractivity contribution in [3.8, 4) is 0 Å². The Labute approximate surface area is 121 Å². The first-order valence-electron chi connectivity index (χ1n) is 6.68. The van der Waals surface area contributed by atoms with Gasteiger partial charge in [0.25, 0.3) is 0 Å². The van der Waals surface area contributed by atoms with Crippen LogP contribution < -0.4 is 10.6 Å². The molecule has 1 unspecified atom stereocenters. The lowest BCUT2D eigenvalue weighted by Gasteiger charge is -2.33. The number of benzene rings is 1. The number of nitrogens with zero attached hydrogens (tertiary/aromatic N) is 4. The summed E-state index contributed by atoms with van der Waals surface area (Å²) in [6, 6.07) is 7.87. The van der Waals surface area contributed by atoms with Gasteiger partial charge in [-0.25, -0.2) is 4.98 Å². The Morgan fingerprint density at radius 2 is 2.19 bits per heavy atom. The van der Waals surface area contributed by atoms with Crippen molar-refractivity contribution < 1.29 is 4.92 Å². The van der Waals surface area contributed by atoms with Crippen LogP contribution in [0.2, 0.25) is 0 Å². The van der Waals surface area contributed by atoms with E-state index in [1.807, 2.05) is 29.2 Å². The van der Waals surface area contributed by atoms with Gasteiger partial charge in [0.2, 0.25) is 11.8 Å². The Balaban J connectivity index is 2.17. The maximum Gasteiger partial charge on any atom is 0.330 e. The summed E-state index contributed by atoms with van der Waals surface area (Å²) in [6.45, 7) is 2.77. The zero-order valence-corrected chi connectivity index (χ0v) is 11.6. The van der Waals surface area contributed by atoms with E-state index in [0.717, 1.165) is 17.7 Å². The molecule has 7 heteroatoms. The summed E-state index contributed by atoms with van der Waals surface area (Å²) < 4.78 is 0. The summed E-state index contributed by atoms with van der Waals surface area (Å²) in [6.07, 6.45) is 2.11. The fourth-order valence-electron chi connectivity index (χ4n) is 2.70. The third kappa shape index (κ3) is 2.37. The van der Waals surface area contributed by atoms with Gasteiger partial charge in [0.1, 0.15) is 6.20 Å². The second-order valence-corrected chi connectivity index (χ2v) is 5.24. The molecule has 0 saturated carbocycles. The van der Waals surface area contributed by atoms with Crippen LogP contribution in [0.3, 0.4) is 0 Å². The average molecular weight is 285 g/mol. The third-order valence-electron chi connectivity index (χ3n) is 3.57. The Bertz CT molecular complexity index is 704. The Morgan fingerprint density at radius 1 is 1.43 bits per heavy atom. The number of para-hydroxylation sites is 1. The molecule has 0 fully saturated rings. The molecule has 1 aromatic carbocycles. The van der Waals surface area contributed by atoms with Gasteiger partial charge in [-0.3, -0.25) is 10.1 Å². The maximum absolute atomic E-state index is 11.2. The Morgan fingerprint density at radius 3 is 2.95 bits per heavy atom. The van der Waals surface area contributed by atoms with E-state index in [1.54, 1.807) is 0 Å². The van der Waals surface area contributed by atoms with E-state index in [-0.39, 0.29) is 17.5 Å². The summed E-state index contributed by atoms with van der Waals surface area (Å²) in [7, 11) is 0. The minimum Gasteiger partial charge on any atom is -0.368 e. The highest BCUT2D eigenvalue weighted by Gasteiger charge is 2.29. The zero-order valence-electron chi connectivity index (χ0n) is 11.6. The van der Waals surface area contributed by atoms with Crippen LogP contribution in [-0.4, -0.2) is 21.4 Å². The molecule has 1 aliphatic rings. The van der Waals surface area contributed by atoms with E-state index < -0.39 is 4.92 Å². The zero-order chi connectivity index (χ0) is 15.0. The van der Waals surface area contributed by atoms with Crippen molar-refractivity contribution in [2.24, 2.45) is 5.92 Å². The molecule has 1 aliphatic heterocycles. The van der Waals surface area contributed by atoms with Gasteiger partial charge in [-0.1, -0.05) is 25.1 Å². The molecular weight excluding hydrogens is 270 g/mol. The lowest BCUT2D eigenvalue weighted by molar-refractivity contribution is -0.384. The topological polar surface area (TPSA) is 98.2 Å². The van der Waals surface area contributed by atoms with Crippen molar-refractivity contribution >= 4 is 23.1 Å². The highest BCUT2D eigenvalue weighted by molar-refractivity contribution is 5.72. The highest BCUT2D eigenvalue weighted by Crippen LogP contribution is 2.38. The summed E-state index contributed by atoms with van der Waals surface area (Å²) in [5, 5.41) is 11.2. The number of fused-ring (bicyclic) bond motifs is 1. The molecule has 0 amide bonds. The molecule has 1 aromatic heterocycles. The fraction of sp³-hybridized carbons (Fsp3) is 0.286. The number of anilines is 3. The second kappa shape index (κ2) is 5.01. The van der Waals surface area contributed by atoms with Crippen molar-refractivity contribution in [3.63, 3.8) is 0 Å². The van der Waals surface area contributed by atoms with Gasteiger partial charge in [0.05, 0.1) is 4.92 Å². The molecule has 2 heterocycles. The Hall–Kier alpha value is -2.70. The summed E-state index contributed by atoms with van der Waals surface area (Å²) in [4.78, 5) is 20.4. The largest absolute Gasteiger partial charge is 0.368 e. The number of hydrogen-bond acceptors (Lipinski definition) is 6. The first-order valence-corrected chi connectivity index (χ1v) is 6.68. The van der Waals surface area contributed by atoms with Gasteiger partial charge < -0.3 is 10.6 Å². The molecule has 1 atom stereocenters. The van der Waals surface area contributed by atoms with Gasteiger partial charge in [0.15, 0.2) is 0 Å². The highest BCUT2D eigenvalue weighted by atomic mass is 16.6. The van der Waals surface area contributed by atoms with Gasteiger partial charge in [-0.05, 0) is 24.0 Å². The van der Waals surface area contributed by atoms with Crippen LogP contribution in [-0.2, 0) is 6.42 Å². The molecule has 0 saturated heterocycles. The van der Waals surface area contributed by atoms with Crippen LogP contribution in [0.4, 0.5) is 23.1 Å². The van der Waals surface area contributed by atoms with Crippen molar-refractivity contribution in [2.45, 2.75) is 13.3 Å². The van der Waals surface area contributed by atoms with E-state index in [4.69, 9.17) is 5.73 Å². The minimum atomic E-state index is -0.476. The number of rotatable bonds is 2. The first kappa shape index (κ1) is 13.3. The van der Waals surface area contributed by atoms with Crippen LogP contribution in [0.5, 0.6) is 0 Å². The summed E-state index contributed by atoms with van der Waals surface area (Å²) >= 11 is 0. The maximum atomic E-state index is 11.2. The predicted octanol–water partition coefficient (Wildman–Crippen LogP) is 2.30. The molecule has 0 bridgehead atoms. The summed E-state index contributed by atoms with van der Waals surface area (Å²) in [5.41, 5.74) is 7.58. The monoisotopic (exact) mass is 285 g/mol. The van der Waals surface area contributed by atoms with Crippen LogP contribution in [0.25, 0.3) is 0 Å². The number of nitrogen functional groups attached to an aromatic ring is 1. The standard InChI is InChI=1S/C14H15N5O2/c1-9-6-10-4-2-3-5-11(10)18(8-9)13-12(19(20)21)7-16-14(15)17-13/h2-5,7,9H,6,8H2,1H3,(H2,15,16,17). The molecule has 7 nitrogen and oxygen atoms in total. The van der Waals surface area contributed by atoms with Crippen LogP contribution in [0.1, 0.15) is 12.5 Å². The molecule has 0 spiro atoms. The molecular formula is C14H15N5O2. The lowest BCUT2D eigenvalue weighted by atomic mass is 9.94. The molecule has 2 aromatic rings. The third-order valence-corrected chi connectivity index (χ3v) is 3.57. The second-order valence-electron chi connectivity index (χ2n) is 5.24. The average Bonchev–Trinajstić information content (AvgIpc) is 2.45. The predicted molar refractivity (Wildman–Crippen MR) is 79.4 cm³/mol. The first-order chi connectivity index (χ1) is 10.1. The smallest absolute Gasteiger partial charge is 0.330 e. The van der Waals surface area contributed by atoms with Crippen LogP contribution in [0.15, 0.2) is 30.5 Å². The molecule has 108 valence electrons. The quantitative estimate of drug-likeness (QED) is 0.671. The number of aromatic nitrogens is 2. The fourth-order valence-corrected chi connectivity index (χ4v) is 2.70. The van der Waals surface area contributed by atoms with E-state index in [2.05, 4.69) is 16.9 Å². The van der Waals surface area contributed by atoms with E-state index >= 15 is 0 Å². The molecule has 2 N–H and O–H groups in total. The molecule has 0 radical (unpaired) electrons. The van der Waals surface area contributed by atoms with Crippen molar-refractivity contribution in [1.82, 2.24) is 9.97 Å². The van der Waals surface area contributed by atoms with Crippen LogP contribution in [0, 0.1) is 16.0 Å². The minimum absolute atomic E-state index is 0.0336. The van der Waals surface area contributed by atoms with Crippen molar-refractivity contribution in [1.29, 1.82) is 0 Å². The SMILES string of the molecule is CC1Cc2ccccc2N(c2nc(N)ncc2[N+](=O)[O-])C1. The van der Waals surface area contributed by atoms with Gasteiger partial charge in [0, 0.05) is 12.2 Å². The van der Waals surface area contributed by atoms with Crippen molar-refractivity contribution in [2.75, 3.05) is 17.2 Å². The lowest BCUT2D eigenvalue weighted by Crippen LogP contribution is -2.31. The molecule has 21 heavy (non-hydrogen) atoms. The van der Waals surface area contributed by atoms with E-state index in [1.165, 1.54) is 6.20 Å². The van der Waals surface area contributed by atoms with Crippen LogP contribution >= 0.6 is 0 Å². The Kier molecular flexibility index (Phi) is 3.17. The van der Waals surface area contributed by atoms with Gasteiger partial charge >= 0.3 is 5.69 Å². The van der Waals surface area contributed by atoms with E-state index in [0.29, 0.717) is 12.5 Å². The van der Waals surface area contributed by atoms with Gasteiger partial charge in [-0.15, -0.1) is 0 Å². The molecule has 0 aliphatic carbocycles. The number of nitro groups is 1. The number of nitrogens with two attached hydrogens (primary N) is 1. The number of hydrogen-bond donors (Lipinski definition) is 1. The van der Waals surface area contributed by atoms with Gasteiger partial charge in [-0.2, -0.15) is 4.98 Å². The van der Waals surface area contributed by atoms with Crippen molar-refractivity contribution in [3.05, 3.63) is 46.1 Å². The normalized spacial score (nSPS) is 17.4.